The van der Waals surface area contributed by atoms with Gasteiger partial charge in [-0.25, -0.2) is 4.98 Å². The number of aromatic nitrogens is 2. The molecule has 0 bridgehead atoms. The van der Waals surface area contributed by atoms with Crippen molar-refractivity contribution in [2.45, 2.75) is 25.4 Å². The first-order valence-electron chi connectivity index (χ1n) is 8.47. The SMILES string of the molecule is NCCCOC1CCN(C(=O)c2ccc(-n3ccnc3)cc2)CC1. The quantitative estimate of drug-likeness (QED) is 0.821. The van der Waals surface area contributed by atoms with Crippen molar-refractivity contribution in [2.24, 2.45) is 5.73 Å². The first-order valence-corrected chi connectivity index (χ1v) is 8.47. The standard InChI is InChI=1S/C18H24N4O2/c19-8-1-13-24-17-6-10-21(11-7-17)18(23)15-2-4-16(5-3-15)22-12-9-20-14-22/h2-5,9,12,14,17H,1,6-8,10-11,13,19H2. The summed E-state index contributed by atoms with van der Waals surface area (Å²) in [4.78, 5) is 18.6. The van der Waals surface area contributed by atoms with Crippen LogP contribution in [0.1, 0.15) is 29.6 Å². The van der Waals surface area contributed by atoms with Gasteiger partial charge in [-0.15, -0.1) is 0 Å². The smallest absolute Gasteiger partial charge is 0.253 e. The fourth-order valence-electron chi connectivity index (χ4n) is 2.93. The van der Waals surface area contributed by atoms with Crippen molar-refractivity contribution in [2.75, 3.05) is 26.2 Å². The Kier molecular flexibility index (Phi) is 5.61. The fourth-order valence-corrected chi connectivity index (χ4v) is 2.93. The van der Waals surface area contributed by atoms with Gasteiger partial charge in [0.25, 0.3) is 5.91 Å². The van der Waals surface area contributed by atoms with Gasteiger partial charge in [-0.05, 0) is 50.1 Å². The number of likely N-dealkylation sites (tertiary alicyclic amines) is 1. The second-order valence-corrected chi connectivity index (χ2v) is 6.02. The summed E-state index contributed by atoms with van der Waals surface area (Å²) in [5.74, 6) is 0.0904. The maximum absolute atomic E-state index is 12.6. The van der Waals surface area contributed by atoms with Crippen LogP contribution >= 0.6 is 0 Å². The topological polar surface area (TPSA) is 73.4 Å². The summed E-state index contributed by atoms with van der Waals surface area (Å²) in [5.41, 5.74) is 7.19. The molecule has 1 fully saturated rings. The lowest BCUT2D eigenvalue weighted by atomic mass is 10.1. The van der Waals surface area contributed by atoms with Gasteiger partial charge in [0, 0.05) is 43.3 Å². The Morgan fingerprint density at radius 2 is 2.00 bits per heavy atom. The number of hydrogen-bond donors (Lipinski definition) is 1. The molecule has 1 aliphatic rings. The van der Waals surface area contributed by atoms with Gasteiger partial charge in [-0.2, -0.15) is 0 Å². The number of rotatable bonds is 6. The van der Waals surface area contributed by atoms with Gasteiger partial charge < -0.3 is 19.9 Å². The molecule has 128 valence electrons. The van der Waals surface area contributed by atoms with Gasteiger partial charge in [0.2, 0.25) is 0 Å². The minimum Gasteiger partial charge on any atom is -0.378 e. The predicted octanol–water partition coefficient (Wildman–Crippen LogP) is 1.84. The number of carbonyl (C=O) groups excluding carboxylic acids is 1. The number of amides is 1. The van der Waals surface area contributed by atoms with E-state index >= 15 is 0 Å². The Bertz CT molecular complexity index is 632. The molecule has 6 nitrogen and oxygen atoms in total. The molecular formula is C18H24N4O2. The van der Waals surface area contributed by atoms with Crippen molar-refractivity contribution in [1.29, 1.82) is 0 Å². The zero-order chi connectivity index (χ0) is 16.8. The van der Waals surface area contributed by atoms with Crippen molar-refractivity contribution >= 4 is 5.91 Å². The molecule has 0 spiro atoms. The van der Waals surface area contributed by atoms with E-state index in [9.17, 15) is 4.79 Å². The highest BCUT2D eigenvalue weighted by Crippen LogP contribution is 2.17. The minimum atomic E-state index is 0.0904. The van der Waals surface area contributed by atoms with E-state index in [1.165, 1.54) is 0 Å². The number of imidazole rings is 1. The molecule has 1 aromatic carbocycles. The molecule has 3 rings (SSSR count). The van der Waals surface area contributed by atoms with Crippen molar-refractivity contribution in [1.82, 2.24) is 14.5 Å². The molecule has 0 unspecified atom stereocenters. The number of piperidine rings is 1. The molecule has 2 N–H and O–H groups in total. The Morgan fingerprint density at radius 1 is 1.25 bits per heavy atom. The Labute approximate surface area is 142 Å². The van der Waals surface area contributed by atoms with Gasteiger partial charge in [0.1, 0.15) is 0 Å². The van der Waals surface area contributed by atoms with Crippen LogP contribution < -0.4 is 5.73 Å². The average molecular weight is 328 g/mol. The highest BCUT2D eigenvalue weighted by Gasteiger charge is 2.23. The molecule has 2 heterocycles. The number of benzene rings is 1. The molecule has 6 heteroatoms. The maximum Gasteiger partial charge on any atom is 0.253 e. The van der Waals surface area contributed by atoms with Crippen molar-refractivity contribution in [3.05, 3.63) is 48.5 Å². The van der Waals surface area contributed by atoms with Gasteiger partial charge in [-0.1, -0.05) is 0 Å². The summed E-state index contributed by atoms with van der Waals surface area (Å²) in [6.07, 6.45) is 8.29. The second-order valence-electron chi connectivity index (χ2n) is 6.02. The average Bonchev–Trinajstić information content (AvgIpc) is 3.17. The largest absolute Gasteiger partial charge is 0.378 e. The lowest BCUT2D eigenvalue weighted by molar-refractivity contribution is 0.00845. The summed E-state index contributed by atoms with van der Waals surface area (Å²) < 4.78 is 7.70. The van der Waals surface area contributed by atoms with E-state index in [0.717, 1.165) is 43.6 Å². The first kappa shape index (κ1) is 16.7. The Hall–Kier alpha value is -2.18. The van der Waals surface area contributed by atoms with E-state index in [4.69, 9.17) is 10.5 Å². The highest BCUT2D eigenvalue weighted by molar-refractivity contribution is 5.94. The van der Waals surface area contributed by atoms with Crippen LogP contribution in [0.2, 0.25) is 0 Å². The zero-order valence-electron chi connectivity index (χ0n) is 13.8. The van der Waals surface area contributed by atoms with Crippen LogP contribution in [0.15, 0.2) is 43.0 Å². The zero-order valence-corrected chi connectivity index (χ0v) is 13.8. The lowest BCUT2D eigenvalue weighted by Gasteiger charge is -2.32. The van der Waals surface area contributed by atoms with E-state index < -0.39 is 0 Å². The number of hydrogen-bond acceptors (Lipinski definition) is 4. The van der Waals surface area contributed by atoms with Crippen LogP contribution in [-0.2, 0) is 4.74 Å². The van der Waals surface area contributed by atoms with Gasteiger partial charge >= 0.3 is 0 Å². The molecule has 24 heavy (non-hydrogen) atoms. The van der Waals surface area contributed by atoms with Crippen LogP contribution in [0.25, 0.3) is 5.69 Å². The van der Waals surface area contributed by atoms with Crippen LogP contribution in [-0.4, -0.2) is 52.7 Å². The van der Waals surface area contributed by atoms with Crippen LogP contribution in [0, 0.1) is 0 Å². The monoisotopic (exact) mass is 328 g/mol. The van der Waals surface area contributed by atoms with E-state index in [0.29, 0.717) is 13.2 Å². The number of nitrogens with zero attached hydrogens (tertiary/aromatic N) is 3. The maximum atomic E-state index is 12.6. The fraction of sp³-hybridized carbons (Fsp3) is 0.444. The summed E-state index contributed by atoms with van der Waals surface area (Å²) in [6.45, 7) is 2.86. The number of carbonyl (C=O) groups is 1. The van der Waals surface area contributed by atoms with E-state index in [-0.39, 0.29) is 12.0 Å². The summed E-state index contributed by atoms with van der Waals surface area (Å²) >= 11 is 0. The molecular weight excluding hydrogens is 304 g/mol. The molecule has 0 aliphatic carbocycles. The van der Waals surface area contributed by atoms with Gasteiger partial charge in [-0.3, -0.25) is 4.79 Å². The van der Waals surface area contributed by atoms with Gasteiger partial charge in [0.05, 0.1) is 12.4 Å². The summed E-state index contributed by atoms with van der Waals surface area (Å²) in [6, 6.07) is 7.64. The van der Waals surface area contributed by atoms with Gasteiger partial charge in [0.15, 0.2) is 0 Å². The number of ether oxygens (including phenoxy) is 1. The molecule has 2 aromatic rings. The third-order valence-electron chi connectivity index (χ3n) is 4.35. The van der Waals surface area contributed by atoms with Crippen molar-refractivity contribution in [3.8, 4) is 5.69 Å². The molecule has 1 amide bonds. The van der Waals surface area contributed by atoms with E-state index in [1.54, 1.807) is 12.5 Å². The lowest BCUT2D eigenvalue weighted by Crippen LogP contribution is -2.41. The third kappa shape index (κ3) is 4.01. The summed E-state index contributed by atoms with van der Waals surface area (Å²) in [7, 11) is 0. The molecule has 1 aliphatic heterocycles. The first-order chi connectivity index (χ1) is 11.8. The minimum absolute atomic E-state index is 0.0904. The molecule has 0 atom stereocenters. The van der Waals surface area contributed by atoms with E-state index in [1.807, 2.05) is 39.9 Å². The summed E-state index contributed by atoms with van der Waals surface area (Å²) in [5, 5.41) is 0. The molecule has 1 saturated heterocycles. The highest BCUT2D eigenvalue weighted by atomic mass is 16.5. The van der Waals surface area contributed by atoms with Crippen molar-refractivity contribution < 1.29 is 9.53 Å². The molecule has 0 radical (unpaired) electrons. The normalized spacial score (nSPS) is 15.6. The number of nitrogens with two attached hydrogens (primary N) is 1. The third-order valence-corrected chi connectivity index (χ3v) is 4.35. The second kappa shape index (κ2) is 8.08. The molecule has 1 aromatic heterocycles. The Morgan fingerprint density at radius 3 is 2.62 bits per heavy atom. The molecule has 0 saturated carbocycles. The van der Waals surface area contributed by atoms with Crippen LogP contribution in [0.5, 0.6) is 0 Å². The van der Waals surface area contributed by atoms with Crippen LogP contribution in [0.4, 0.5) is 0 Å². The predicted molar refractivity (Wildman–Crippen MR) is 92.1 cm³/mol. The Balaban J connectivity index is 1.54. The van der Waals surface area contributed by atoms with Crippen molar-refractivity contribution in [3.63, 3.8) is 0 Å². The van der Waals surface area contributed by atoms with Crippen LogP contribution in [0.3, 0.4) is 0 Å². The van der Waals surface area contributed by atoms with E-state index in [2.05, 4.69) is 4.98 Å².